The number of nitrogens with zero attached hydrogens (tertiary/aromatic N) is 1. The molecule has 0 aliphatic heterocycles. The van der Waals surface area contributed by atoms with Gasteiger partial charge >= 0.3 is 0 Å². The van der Waals surface area contributed by atoms with Gasteiger partial charge in [0.15, 0.2) is 0 Å². The van der Waals surface area contributed by atoms with E-state index in [1.807, 2.05) is 0 Å². The number of hydrogen-bond donors (Lipinski definition) is 1. The van der Waals surface area contributed by atoms with Crippen LogP contribution < -0.4 is 5.73 Å². The molecule has 0 spiro atoms. The molecule has 0 amide bonds. The van der Waals surface area contributed by atoms with E-state index in [1.54, 1.807) is 0 Å². The Morgan fingerprint density at radius 3 is 1.78 bits per heavy atom. The number of nitrogens with two attached hydrogens (primary N) is 1. The molecular weight excluding hydrogens is 112 g/mol. The van der Waals surface area contributed by atoms with Crippen LogP contribution in [-0.4, -0.2) is 24.2 Å². The molecule has 9 heavy (non-hydrogen) atoms. The molecule has 0 saturated heterocycles. The molecule has 0 bridgehead atoms. The van der Waals surface area contributed by atoms with E-state index >= 15 is 0 Å². The molecule has 56 valence electrons. The Labute approximate surface area is 58.0 Å². The highest BCUT2D eigenvalue weighted by Gasteiger charge is 2.05. The van der Waals surface area contributed by atoms with E-state index in [0.717, 1.165) is 19.5 Å². The minimum absolute atomic E-state index is 0.264. The van der Waals surface area contributed by atoms with Crippen LogP contribution in [-0.2, 0) is 0 Å². The first-order valence-corrected chi connectivity index (χ1v) is 3.75. The van der Waals surface area contributed by atoms with Crippen LogP contribution in [0.5, 0.6) is 0 Å². The smallest absolute Gasteiger partial charge is 0.0568 e. The van der Waals surface area contributed by atoms with Gasteiger partial charge in [-0.1, -0.05) is 20.8 Å². The fourth-order valence-corrected chi connectivity index (χ4v) is 0.951. The Bertz CT molecular complexity index is 59.9. The summed E-state index contributed by atoms with van der Waals surface area (Å²) in [7, 11) is 0. The Morgan fingerprint density at radius 1 is 1.22 bits per heavy atom. The molecule has 0 aliphatic carbocycles. The molecule has 0 rings (SSSR count). The van der Waals surface area contributed by atoms with Gasteiger partial charge in [-0.25, -0.2) is 0 Å². The Hall–Kier alpha value is -0.0800. The molecule has 0 fully saturated rings. The van der Waals surface area contributed by atoms with Gasteiger partial charge in [-0.2, -0.15) is 0 Å². The van der Waals surface area contributed by atoms with Crippen molar-refractivity contribution in [3.8, 4) is 0 Å². The lowest BCUT2D eigenvalue weighted by molar-refractivity contribution is 0.216. The molecule has 1 atom stereocenters. The first-order valence-electron chi connectivity index (χ1n) is 3.75. The third kappa shape index (κ3) is 2.82. The van der Waals surface area contributed by atoms with Crippen molar-refractivity contribution in [3.05, 3.63) is 0 Å². The van der Waals surface area contributed by atoms with Crippen molar-refractivity contribution in [1.29, 1.82) is 0 Å². The third-order valence-electron chi connectivity index (χ3n) is 1.70. The van der Waals surface area contributed by atoms with Gasteiger partial charge in [-0.15, -0.1) is 0 Å². The molecule has 2 N–H and O–H groups in total. The second-order valence-electron chi connectivity index (χ2n) is 2.20. The van der Waals surface area contributed by atoms with Gasteiger partial charge in [-0.3, -0.25) is 4.90 Å². The fourth-order valence-electron chi connectivity index (χ4n) is 0.951. The zero-order valence-corrected chi connectivity index (χ0v) is 6.72. The van der Waals surface area contributed by atoms with Crippen LogP contribution in [0.4, 0.5) is 0 Å². The van der Waals surface area contributed by atoms with E-state index in [9.17, 15) is 0 Å². The third-order valence-corrected chi connectivity index (χ3v) is 1.70. The lowest BCUT2D eigenvalue weighted by atomic mass is 10.3. The van der Waals surface area contributed by atoms with Gasteiger partial charge in [0.2, 0.25) is 0 Å². The minimum Gasteiger partial charge on any atom is -0.316 e. The van der Waals surface area contributed by atoms with Crippen LogP contribution in [0.1, 0.15) is 27.2 Å². The van der Waals surface area contributed by atoms with E-state index in [4.69, 9.17) is 5.73 Å². The van der Waals surface area contributed by atoms with Gasteiger partial charge < -0.3 is 5.73 Å². The van der Waals surface area contributed by atoms with Crippen LogP contribution >= 0.6 is 0 Å². The van der Waals surface area contributed by atoms with Crippen molar-refractivity contribution in [2.75, 3.05) is 13.1 Å². The van der Waals surface area contributed by atoms with Crippen molar-refractivity contribution < 1.29 is 0 Å². The van der Waals surface area contributed by atoms with E-state index in [-0.39, 0.29) is 6.17 Å². The molecule has 2 heteroatoms. The maximum atomic E-state index is 5.76. The second kappa shape index (κ2) is 4.77. The normalized spacial score (nSPS) is 14.3. The van der Waals surface area contributed by atoms with Gasteiger partial charge in [0.25, 0.3) is 0 Å². The lowest BCUT2D eigenvalue weighted by Crippen LogP contribution is -2.41. The molecule has 0 saturated carbocycles. The summed E-state index contributed by atoms with van der Waals surface area (Å²) < 4.78 is 0. The minimum atomic E-state index is 0.264. The molecule has 0 aromatic heterocycles. The maximum Gasteiger partial charge on any atom is 0.0568 e. The first kappa shape index (κ1) is 8.92. The van der Waals surface area contributed by atoms with Gasteiger partial charge in [-0.05, 0) is 19.5 Å². The van der Waals surface area contributed by atoms with Crippen LogP contribution in [0.3, 0.4) is 0 Å². The first-order chi connectivity index (χ1) is 4.26. The Balaban J connectivity index is 3.50. The summed E-state index contributed by atoms with van der Waals surface area (Å²) in [6, 6.07) is 0. The highest BCUT2D eigenvalue weighted by molar-refractivity contribution is 4.59. The molecule has 0 heterocycles. The van der Waals surface area contributed by atoms with E-state index in [2.05, 4.69) is 25.7 Å². The summed E-state index contributed by atoms with van der Waals surface area (Å²) in [6.45, 7) is 8.51. The van der Waals surface area contributed by atoms with Crippen molar-refractivity contribution in [2.24, 2.45) is 5.73 Å². The van der Waals surface area contributed by atoms with Crippen molar-refractivity contribution in [1.82, 2.24) is 4.90 Å². The van der Waals surface area contributed by atoms with Gasteiger partial charge in [0.05, 0.1) is 6.17 Å². The van der Waals surface area contributed by atoms with Gasteiger partial charge in [0, 0.05) is 0 Å². The molecule has 1 unspecified atom stereocenters. The fraction of sp³-hybridized carbons (Fsp3) is 1.00. The van der Waals surface area contributed by atoms with Crippen molar-refractivity contribution >= 4 is 0 Å². The highest BCUT2D eigenvalue weighted by Crippen LogP contribution is 1.95. The highest BCUT2D eigenvalue weighted by atomic mass is 15.2. The van der Waals surface area contributed by atoms with E-state index in [1.165, 1.54) is 0 Å². The number of hydrogen-bond acceptors (Lipinski definition) is 2. The molecule has 0 radical (unpaired) electrons. The molecule has 0 aromatic rings. The molecular formula is C7H18N2. The zero-order valence-electron chi connectivity index (χ0n) is 6.72. The SMILES string of the molecule is CCC(N)N(CC)CC. The van der Waals surface area contributed by atoms with Gasteiger partial charge in [0.1, 0.15) is 0 Å². The maximum absolute atomic E-state index is 5.76. The summed E-state index contributed by atoms with van der Waals surface area (Å²) in [4.78, 5) is 2.25. The summed E-state index contributed by atoms with van der Waals surface area (Å²) in [6.07, 6.45) is 1.31. The quantitative estimate of drug-likeness (QED) is 0.576. The zero-order chi connectivity index (χ0) is 7.28. The monoisotopic (exact) mass is 130 g/mol. The van der Waals surface area contributed by atoms with E-state index in [0.29, 0.717) is 0 Å². The van der Waals surface area contributed by atoms with Crippen LogP contribution in [0, 0.1) is 0 Å². The standard InChI is InChI=1S/C7H18N2/c1-4-7(8)9(5-2)6-3/h7H,4-6,8H2,1-3H3. The lowest BCUT2D eigenvalue weighted by Gasteiger charge is -2.24. The number of rotatable bonds is 4. The van der Waals surface area contributed by atoms with Crippen LogP contribution in [0.15, 0.2) is 0 Å². The Kier molecular flexibility index (Phi) is 4.72. The second-order valence-corrected chi connectivity index (χ2v) is 2.20. The Morgan fingerprint density at radius 2 is 1.67 bits per heavy atom. The predicted octanol–water partition coefficient (Wildman–Crippen LogP) is 1.02. The summed E-state index contributed by atoms with van der Waals surface area (Å²) in [5, 5.41) is 0. The van der Waals surface area contributed by atoms with Crippen molar-refractivity contribution in [2.45, 2.75) is 33.4 Å². The summed E-state index contributed by atoms with van der Waals surface area (Å²) >= 11 is 0. The molecule has 2 nitrogen and oxygen atoms in total. The summed E-state index contributed by atoms with van der Waals surface area (Å²) in [5.74, 6) is 0. The summed E-state index contributed by atoms with van der Waals surface area (Å²) in [5.41, 5.74) is 5.76. The molecule has 0 aromatic carbocycles. The van der Waals surface area contributed by atoms with E-state index < -0.39 is 0 Å². The largest absolute Gasteiger partial charge is 0.316 e. The predicted molar refractivity (Wildman–Crippen MR) is 41.2 cm³/mol. The molecule has 0 aliphatic rings. The average Bonchev–Trinajstić information content (AvgIpc) is 1.90. The van der Waals surface area contributed by atoms with Crippen molar-refractivity contribution in [3.63, 3.8) is 0 Å². The van der Waals surface area contributed by atoms with Crippen LogP contribution in [0.25, 0.3) is 0 Å². The van der Waals surface area contributed by atoms with Crippen LogP contribution in [0.2, 0.25) is 0 Å². The topological polar surface area (TPSA) is 29.3 Å². The average molecular weight is 130 g/mol.